The van der Waals surface area contributed by atoms with Gasteiger partial charge in [0.15, 0.2) is 5.56 Å². The molecule has 3 heterocycles. The molecule has 1 atom stereocenters. The lowest BCUT2D eigenvalue weighted by Crippen LogP contribution is -2.38. The number of rotatable bonds is 7. The minimum atomic E-state index is -0.893. The van der Waals surface area contributed by atoms with Crippen LogP contribution in [0.5, 0.6) is 0 Å². The fraction of sp³-hybridized carbons (Fsp3) is 0.429. The van der Waals surface area contributed by atoms with Gasteiger partial charge in [0, 0.05) is 43.1 Å². The molecular formula is C21H26N6O2S. The Balaban J connectivity index is 1.23. The number of nitrogens with one attached hydrogen (secondary N) is 3. The second-order valence-corrected chi connectivity index (χ2v) is 8.60. The molecule has 158 valence electrons. The van der Waals surface area contributed by atoms with E-state index in [9.17, 15) is 9.90 Å². The first-order valence-electron chi connectivity index (χ1n) is 10.3. The van der Waals surface area contributed by atoms with E-state index in [0.29, 0.717) is 28.6 Å². The number of amides is 1. The van der Waals surface area contributed by atoms with Gasteiger partial charge in [-0.15, -0.1) is 0 Å². The van der Waals surface area contributed by atoms with Gasteiger partial charge < -0.3 is 21.1 Å². The van der Waals surface area contributed by atoms with Crippen LogP contribution in [-0.4, -0.2) is 50.2 Å². The van der Waals surface area contributed by atoms with Gasteiger partial charge in [0.2, 0.25) is 5.95 Å². The third kappa shape index (κ3) is 5.78. The first-order valence-corrected chi connectivity index (χ1v) is 11.1. The molecule has 4 rings (SSSR count). The van der Waals surface area contributed by atoms with Crippen molar-refractivity contribution in [2.24, 2.45) is 0 Å². The predicted molar refractivity (Wildman–Crippen MR) is 117 cm³/mol. The number of aliphatic hydroxyl groups excluding tert-OH is 1. The lowest BCUT2D eigenvalue weighted by molar-refractivity contribution is -0.117. The number of aromatic nitrogens is 3. The second kappa shape index (κ2) is 10.0. The van der Waals surface area contributed by atoms with Gasteiger partial charge >= 0.3 is 0 Å². The first kappa shape index (κ1) is 20.8. The summed E-state index contributed by atoms with van der Waals surface area (Å²) in [6.07, 6.45) is 10.5. The summed E-state index contributed by atoms with van der Waals surface area (Å²) in [7, 11) is 0. The molecule has 2 fully saturated rings. The van der Waals surface area contributed by atoms with Gasteiger partial charge in [0.1, 0.15) is 0 Å². The molecule has 30 heavy (non-hydrogen) atoms. The quantitative estimate of drug-likeness (QED) is 0.497. The number of carbonyl (C=O) groups excluding carboxylic acids is 1. The maximum atomic E-state index is 11.7. The molecular weight excluding hydrogens is 400 g/mol. The molecule has 0 spiro atoms. The summed E-state index contributed by atoms with van der Waals surface area (Å²) >= 11 is 1.08. The highest BCUT2D eigenvalue weighted by Gasteiger charge is 2.25. The lowest BCUT2D eigenvalue weighted by Gasteiger charge is -2.29. The van der Waals surface area contributed by atoms with Gasteiger partial charge in [-0.3, -0.25) is 9.78 Å². The topological polar surface area (TPSA) is 112 Å². The Kier molecular flexibility index (Phi) is 6.93. The maximum Gasteiger partial charge on any atom is 0.260 e. The van der Waals surface area contributed by atoms with Crippen molar-refractivity contribution in [2.45, 2.75) is 49.7 Å². The number of pyridine rings is 1. The highest BCUT2D eigenvalue weighted by atomic mass is 32.2. The standard InChI is InChI=1S/C21H26N6O2S/c28-19-18(30-21(29)27-19)13-17-9-12-24-20(26-17)25-16-6-4-15(5-7-16)23-11-8-14-3-1-2-10-22-14/h1-3,9-10,12-13,15-16,21,23,29H,4-8,11H2,(H,27,28)(H,24,25,26)/b18-13-. The van der Waals surface area contributed by atoms with Crippen LogP contribution in [-0.2, 0) is 11.2 Å². The first-order chi connectivity index (χ1) is 14.7. The summed E-state index contributed by atoms with van der Waals surface area (Å²) in [5.74, 6) is 0.286. The molecule has 1 aliphatic heterocycles. The fourth-order valence-electron chi connectivity index (χ4n) is 3.72. The van der Waals surface area contributed by atoms with Crippen molar-refractivity contribution in [1.82, 2.24) is 25.6 Å². The van der Waals surface area contributed by atoms with Crippen LogP contribution in [0, 0.1) is 0 Å². The molecule has 8 nitrogen and oxygen atoms in total. The molecule has 4 N–H and O–H groups in total. The van der Waals surface area contributed by atoms with Crippen LogP contribution >= 0.6 is 11.8 Å². The van der Waals surface area contributed by atoms with E-state index in [1.54, 1.807) is 18.3 Å². The van der Waals surface area contributed by atoms with Crippen molar-refractivity contribution < 1.29 is 9.90 Å². The molecule has 1 amide bonds. The zero-order valence-electron chi connectivity index (χ0n) is 16.6. The molecule has 0 aromatic carbocycles. The van der Waals surface area contributed by atoms with E-state index in [0.717, 1.165) is 56.1 Å². The summed E-state index contributed by atoms with van der Waals surface area (Å²) in [6, 6.07) is 8.65. The Bertz CT molecular complexity index is 886. The van der Waals surface area contributed by atoms with Crippen LogP contribution in [0.25, 0.3) is 6.08 Å². The fourth-order valence-corrected chi connectivity index (χ4v) is 4.48. The Labute approximate surface area is 180 Å². The SMILES string of the molecule is O=C1NC(O)S/C1=C\c1ccnc(NC2CCC(NCCc3ccccn3)CC2)n1. The van der Waals surface area contributed by atoms with Gasteiger partial charge in [0.05, 0.1) is 10.6 Å². The number of anilines is 1. The van der Waals surface area contributed by atoms with E-state index < -0.39 is 5.56 Å². The average Bonchev–Trinajstić information content (AvgIpc) is 3.07. The van der Waals surface area contributed by atoms with Crippen molar-refractivity contribution in [1.29, 1.82) is 0 Å². The molecule has 2 aromatic rings. The highest BCUT2D eigenvalue weighted by molar-refractivity contribution is 8.05. The lowest BCUT2D eigenvalue weighted by atomic mass is 9.91. The summed E-state index contributed by atoms with van der Waals surface area (Å²) < 4.78 is 0. The van der Waals surface area contributed by atoms with Gasteiger partial charge in [-0.25, -0.2) is 9.97 Å². The third-order valence-corrected chi connectivity index (χ3v) is 6.17. The monoisotopic (exact) mass is 426 g/mol. The average molecular weight is 427 g/mol. The summed E-state index contributed by atoms with van der Waals surface area (Å²) in [5, 5.41) is 19.0. The summed E-state index contributed by atoms with van der Waals surface area (Å²) in [5.41, 5.74) is 0.871. The van der Waals surface area contributed by atoms with Crippen molar-refractivity contribution in [3.63, 3.8) is 0 Å². The van der Waals surface area contributed by atoms with E-state index in [-0.39, 0.29) is 5.91 Å². The number of hydrogen-bond acceptors (Lipinski definition) is 8. The molecule has 9 heteroatoms. The Morgan fingerprint density at radius 1 is 1.13 bits per heavy atom. The van der Waals surface area contributed by atoms with Gasteiger partial charge in [0.25, 0.3) is 5.91 Å². The van der Waals surface area contributed by atoms with Crippen molar-refractivity contribution in [3.8, 4) is 0 Å². The molecule has 1 unspecified atom stereocenters. The Morgan fingerprint density at radius 3 is 2.70 bits per heavy atom. The summed E-state index contributed by atoms with van der Waals surface area (Å²) in [4.78, 5) is 25.4. The maximum absolute atomic E-state index is 11.7. The zero-order valence-corrected chi connectivity index (χ0v) is 17.4. The second-order valence-electron chi connectivity index (χ2n) is 7.48. The van der Waals surface area contributed by atoms with E-state index in [1.807, 2.05) is 18.3 Å². The number of carbonyl (C=O) groups is 1. The molecule has 2 aliphatic rings. The van der Waals surface area contributed by atoms with Crippen LogP contribution < -0.4 is 16.0 Å². The van der Waals surface area contributed by atoms with Gasteiger partial charge in [-0.05, 0) is 50.0 Å². The third-order valence-electron chi connectivity index (χ3n) is 5.27. The largest absolute Gasteiger partial charge is 0.364 e. The van der Waals surface area contributed by atoms with E-state index in [4.69, 9.17) is 0 Å². The molecule has 0 radical (unpaired) electrons. The number of nitrogens with zero attached hydrogens (tertiary/aromatic N) is 3. The minimum Gasteiger partial charge on any atom is -0.364 e. The molecule has 2 aromatic heterocycles. The Hall–Kier alpha value is -2.49. The van der Waals surface area contributed by atoms with Crippen LogP contribution in [0.2, 0.25) is 0 Å². The van der Waals surface area contributed by atoms with E-state index in [1.165, 1.54) is 0 Å². The van der Waals surface area contributed by atoms with E-state index in [2.05, 4.69) is 37.0 Å². The van der Waals surface area contributed by atoms with Crippen LogP contribution in [0.4, 0.5) is 5.95 Å². The van der Waals surface area contributed by atoms with Gasteiger partial charge in [-0.1, -0.05) is 17.8 Å². The summed E-state index contributed by atoms with van der Waals surface area (Å²) in [6.45, 7) is 0.944. The normalized spacial score (nSPS) is 25.3. The van der Waals surface area contributed by atoms with Crippen molar-refractivity contribution in [3.05, 3.63) is 53.0 Å². The number of hydrogen-bond donors (Lipinski definition) is 4. The van der Waals surface area contributed by atoms with Crippen molar-refractivity contribution >= 4 is 29.7 Å². The van der Waals surface area contributed by atoms with Crippen LogP contribution in [0.1, 0.15) is 37.1 Å². The van der Waals surface area contributed by atoms with Crippen LogP contribution in [0.3, 0.4) is 0 Å². The molecule has 1 saturated heterocycles. The Morgan fingerprint density at radius 2 is 1.97 bits per heavy atom. The smallest absolute Gasteiger partial charge is 0.260 e. The van der Waals surface area contributed by atoms with Crippen LogP contribution in [0.15, 0.2) is 41.6 Å². The molecule has 1 aliphatic carbocycles. The molecule has 0 bridgehead atoms. The highest BCUT2D eigenvalue weighted by Crippen LogP contribution is 2.27. The zero-order chi connectivity index (χ0) is 20.8. The minimum absolute atomic E-state index is 0.283. The molecule has 1 saturated carbocycles. The van der Waals surface area contributed by atoms with Crippen molar-refractivity contribution in [2.75, 3.05) is 11.9 Å². The van der Waals surface area contributed by atoms with E-state index >= 15 is 0 Å². The number of thioether (sulfide) groups is 1. The predicted octanol–water partition coefficient (Wildman–Crippen LogP) is 1.91. The number of aliphatic hydroxyl groups is 1. The van der Waals surface area contributed by atoms with Gasteiger partial charge in [-0.2, -0.15) is 0 Å².